The van der Waals surface area contributed by atoms with Crippen LogP contribution in [-0.4, -0.2) is 34.3 Å². The predicted octanol–water partition coefficient (Wildman–Crippen LogP) is 1.12. The van der Waals surface area contributed by atoms with Crippen molar-refractivity contribution in [2.45, 2.75) is 18.8 Å². The van der Waals surface area contributed by atoms with Crippen LogP contribution in [0.25, 0.3) is 0 Å². The molecule has 4 nitrogen and oxygen atoms in total. The predicted molar refractivity (Wildman–Crippen MR) is 57.2 cm³/mol. The molecule has 1 aliphatic rings. The summed E-state index contributed by atoms with van der Waals surface area (Å²) in [7, 11) is 2.00. The summed E-state index contributed by atoms with van der Waals surface area (Å²) in [6.07, 6.45) is 4.14. The second-order valence-electron chi connectivity index (χ2n) is 4.09. The van der Waals surface area contributed by atoms with Gasteiger partial charge in [0.2, 0.25) is 0 Å². The fourth-order valence-corrected chi connectivity index (χ4v) is 2.27. The maximum atomic E-state index is 8.61. The Bertz CT molecular complexity index is 355. The molecule has 0 atom stereocenters. The zero-order valence-electron chi connectivity index (χ0n) is 9.06. The van der Waals surface area contributed by atoms with Gasteiger partial charge in [-0.1, -0.05) is 0 Å². The van der Waals surface area contributed by atoms with Gasteiger partial charge in [0.15, 0.2) is 0 Å². The van der Waals surface area contributed by atoms with E-state index in [0.717, 1.165) is 25.9 Å². The highest BCUT2D eigenvalue weighted by Gasteiger charge is 2.21. The summed E-state index contributed by atoms with van der Waals surface area (Å²) in [6.45, 7) is 2.63. The van der Waals surface area contributed by atoms with Crippen LogP contribution in [0.2, 0.25) is 0 Å². The Morgan fingerprint density at radius 1 is 1.53 bits per heavy atom. The minimum absolute atomic E-state index is 0.568. The summed E-state index contributed by atoms with van der Waals surface area (Å²) >= 11 is 0. The molecule has 0 unspecified atom stereocenters. The third-order valence-electron chi connectivity index (χ3n) is 3.16. The Hall–Kier alpha value is -1.34. The molecular formula is C11H16N4. The maximum absolute atomic E-state index is 8.61. The Labute approximate surface area is 90.1 Å². The summed E-state index contributed by atoms with van der Waals surface area (Å²) in [6, 6.07) is 4.31. The molecule has 2 heterocycles. The van der Waals surface area contributed by atoms with Gasteiger partial charge in [-0.15, -0.1) is 0 Å². The first-order chi connectivity index (χ1) is 7.31. The van der Waals surface area contributed by atoms with Crippen molar-refractivity contribution in [1.29, 1.82) is 5.26 Å². The van der Waals surface area contributed by atoms with Crippen LogP contribution in [0.3, 0.4) is 0 Å². The molecule has 0 aromatic carbocycles. The molecule has 2 rings (SSSR count). The van der Waals surface area contributed by atoms with Crippen molar-refractivity contribution in [2.24, 2.45) is 7.05 Å². The minimum Gasteiger partial charge on any atom is -0.291 e. The zero-order chi connectivity index (χ0) is 10.7. The molecule has 0 radical (unpaired) electrons. The van der Waals surface area contributed by atoms with Crippen LogP contribution in [0.5, 0.6) is 0 Å². The second-order valence-corrected chi connectivity index (χ2v) is 4.09. The lowest BCUT2D eigenvalue weighted by Crippen LogP contribution is -2.33. The van der Waals surface area contributed by atoms with Crippen molar-refractivity contribution in [3.05, 3.63) is 18.0 Å². The van der Waals surface area contributed by atoms with Gasteiger partial charge in [-0.2, -0.15) is 10.4 Å². The van der Waals surface area contributed by atoms with E-state index in [1.807, 2.05) is 17.9 Å². The molecular weight excluding hydrogens is 188 g/mol. The number of nitrogens with zero attached hydrogens (tertiary/aromatic N) is 4. The molecule has 1 aromatic heterocycles. The van der Waals surface area contributed by atoms with E-state index >= 15 is 0 Å². The summed E-state index contributed by atoms with van der Waals surface area (Å²) in [4.78, 5) is 2.22. The average Bonchev–Trinajstić information content (AvgIpc) is 2.66. The molecule has 80 valence electrons. The Morgan fingerprint density at radius 2 is 2.27 bits per heavy atom. The van der Waals surface area contributed by atoms with E-state index in [4.69, 9.17) is 5.26 Å². The molecule has 1 fully saturated rings. The minimum atomic E-state index is 0.568. The summed E-state index contributed by atoms with van der Waals surface area (Å²) in [5.74, 6) is 0.618. The van der Waals surface area contributed by atoms with E-state index in [0.29, 0.717) is 12.5 Å². The van der Waals surface area contributed by atoms with Crippen LogP contribution in [0.4, 0.5) is 0 Å². The first-order valence-corrected chi connectivity index (χ1v) is 5.38. The molecule has 0 saturated carbocycles. The third kappa shape index (κ3) is 2.18. The maximum Gasteiger partial charge on any atom is 0.0865 e. The Balaban J connectivity index is 1.94. The van der Waals surface area contributed by atoms with Gasteiger partial charge in [0.25, 0.3) is 0 Å². The van der Waals surface area contributed by atoms with E-state index in [9.17, 15) is 0 Å². The molecule has 15 heavy (non-hydrogen) atoms. The highest BCUT2D eigenvalue weighted by molar-refractivity contribution is 5.08. The molecule has 4 heteroatoms. The Kier molecular flexibility index (Phi) is 3.02. The number of aromatic nitrogens is 2. The van der Waals surface area contributed by atoms with Gasteiger partial charge < -0.3 is 0 Å². The van der Waals surface area contributed by atoms with Crippen LogP contribution in [0, 0.1) is 11.3 Å². The van der Waals surface area contributed by atoms with Crippen LogP contribution >= 0.6 is 0 Å². The van der Waals surface area contributed by atoms with Gasteiger partial charge in [0.05, 0.1) is 12.6 Å². The number of hydrogen-bond donors (Lipinski definition) is 0. The lowest BCUT2D eigenvalue weighted by Gasteiger charge is -2.30. The van der Waals surface area contributed by atoms with E-state index in [1.54, 1.807) is 0 Å². The van der Waals surface area contributed by atoms with Crippen LogP contribution < -0.4 is 0 Å². The van der Waals surface area contributed by atoms with Crippen molar-refractivity contribution < 1.29 is 0 Å². The van der Waals surface area contributed by atoms with Crippen LogP contribution in [-0.2, 0) is 7.05 Å². The summed E-state index contributed by atoms with van der Waals surface area (Å²) in [5.41, 5.74) is 1.33. The topological polar surface area (TPSA) is 44.9 Å². The molecule has 0 spiro atoms. The van der Waals surface area contributed by atoms with E-state index < -0.39 is 0 Å². The number of rotatable bonds is 2. The SMILES string of the molecule is Cn1nccc1C1CCN(CC#N)CC1. The van der Waals surface area contributed by atoms with Crippen molar-refractivity contribution >= 4 is 0 Å². The Morgan fingerprint density at radius 3 is 2.80 bits per heavy atom. The van der Waals surface area contributed by atoms with E-state index in [2.05, 4.69) is 22.1 Å². The smallest absolute Gasteiger partial charge is 0.0865 e. The van der Waals surface area contributed by atoms with Crippen LogP contribution in [0.1, 0.15) is 24.5 Å². The van der Waals surface area contributed by atoms with Crippen molar-refractivity contribution in [3.63, 3.8) is 0 Å². The normalized spacial score (nSPS) is 18.9. The summed E-state index contributed by atoms with van der Waals surface area (Å²) in [5, 5.41) is 12.8. The number of piperidine rings is 1. The highest BCUT2D eigenvalue weighted by Crippen LogP contribution is 2.26. The van der Waals surface area contributed by atoms with Crippen molar-refractivity contribution in [1.82, 2.24) is 14.7 Å². The van der Waals surface area contributed by atoms with Crippen LogP contribution in [0.15, 0.2) is 12.3 Å². The van der Waals surface area contributed by atoms with Gasteiger partial charge in [-0.05, 0) is 32.0 Å². The number of hydrogen-bond acceptors (Lipinski definition) is 3. The standard InChI is InChI=1S/C11H16N4/c1-14-11(2-6-13-14)10-3-7-15(8-4-10)9-5-12/h2,6,10H,3-4,7-9H2,1H3. The van der Waals surface area contributed by atoms with Crippen molar-refractivity contribution in [2.75, 3.05) is 19.6 Å². The molecule has 1 aliphatic heterocycles. The van der Waals surface area contributed by atoms with Gasteiger partial charge in [-0.25, -0.2) is 0 Å². The quantitative estimate of drug-likeness (QED) is 0.678. The van der Waals surface area contributed by atoms with Gasteiger partial charge in [-0.3, -0.25) is 9.58 Å². The fraction of sp³-hybridized carbons (Fsp3) is 0.636. The van der Waals surface area contributed by atoms with Gasteiger partial charge in [0.1, 0.15) is 0 Å². The monoisotopic (exact) mass is 204 g/mol. The highest BCUT2D eigenvalue weighted by atomic mass is 15.3. The zero-order valence-corrected chi connectivity index (χ0v) is 9.06. The largest absolute Gasteiger partial charge is 0.291 e. The fourth-order valence-electron chi connectivity index (χ4n) is 2.27. The molecule has 0 amide bonds. The molecule has 1 aromatic rings. The molecule has 0 N–H and O–H groups in total. The summed E-state index contributed by atoms with van der Waals surface area (Å²) < 4.78 is 1.96. The number of likely N-dealkylation sites (tertiary alicyclic amines) is 1. The second kappa shape index (κ2) is 4.45. The van der Waals surface area contributed by atoms with E-state index in [-0.39, 0.29) is 0 Å². The van der Waals surface area contributed by atoms with Gasteiger partial charge in [0, 0.05) is 24.9 Å². The van der Waals surface area contributed by atoms with Crippen molar-refractivity contribution in [3.8, 4) is 6.07 Å². The first kappa shape index (κ1) is 10.2. The first-order valence-electron chi connectivity index (χ1n) is 5.38. The van der Waals surface area contributed by atoms with E-state index in [1.165, 1.54) is 5.69 Å². The molecule has 0 aliphatic carbocycles. The molecule has 1 saturated heterocycles. The number of aryl methyl sites for hydroxylation is 1. The molecule has 0 bridgehead atoms. The average molecular weight is 204 g/mol. The number of nitriles is 1. The lowest BCUT2D eigenvalue weighted by atomic mass is 9.93. The van der Waals surface area contributed by atoms with Gasteiger partial charge >= 0.3 is 0 Å². The third-order valence-corrected chi connectivity index (χ3v) is 3.16. The lowest BCUT2D eigenvalue weighted by molar-refractivity contribution is 0.231.